The number of ether oxygens (including phenoxy) is 1. The van der Waals surface area contributed by atoms with Gasteiger partial charge in [0.05, 0.1) is 42.8 Å². The third kappa shape index (κ3) is 5.40. The van der Waals surface area contributed by atoms with E-state index in [0.29, 0.717) is 29.9 Å². The van der Waals surface area contributed by atoms with Gasteiger partial charge in [-0.2, -0.15) is 20.3 Å². The van der Waals surface area contributed by atoms with Crippen molar-refractivity contribution in [2.24, 2.45) is 0 Å². The van der Waals surface area contributed by atoms with Crippen molar-refractivity contribution in [3.63, 3.8) is 0 Å². The average Bonchev–Trinajstić information content (AvgIpc) is 3.54. The lowest BCUT2D eigenvalue weighted by Crippen LogP contribution is -2.43. The predicted molar refractivity (Wildman–Crippen MR) is 119 cm³/mol. The summed E-state index contributed by atoms with van der Waals surface area (Å²) in [5.41, 5.74) is 0.477. The van der Waals surface area contributed by atoms with Crippen LogP contribution in [0.5, 0.6) is 0 Å². The Morgan fingerprint density at radius 1 is 1.29 bits per heavy atom. The van der Waals surface area contributed by atoms with Crippen molar-refractivity contribution in [2.75, 3.05) is 6.54 Å². The molecule has 0 radical (unpaired) electrons. The highest BCUT2D eigenvalue weighted by atomic mass is 16.6. The zero-order chi connectivity index (χ0) is 24.3. The molecule has 4 rings (SSSR count). The minimum absolute atomic E-state index is 0.0987. The van der Waals surface area contributed by atoms with Gasteiger partial charge < -0.3 is 19.4 Å². The van der Waals surface area contributed by atoms with E-state index in [2.05, 4.69) is 26.6 Å². The summed E-state index contributed by atoms with van der Waals surface area (Å²) >= 11 is 0. The number of carbonyl (C=O) groups is 2. The van der Waals surface area contributed by atoms with E-state index in [0.717, 1.165) is 0 Å². The first-order valence-corrected chi connectivity index (χ1v) is 10.8. The molecule has 11 nitrogen and oxygen atoms in total. The minimum Gasteiger partial charge on any atom is -0.444 e. The number of nitriles is 1. The molecular formula is C23H25N7O4. The summed E-state index contributed by atoms with van der Waals surface area (Å²) in [6.07, 6.45) is 4.61. The highest BCUT2D eigenvalue weighted by Crippen LogP contribution is 2.24. The Morgan fingerprint density at radius 2 is 2.06 bits per heavy atom. The van der Waals surface area contributed by atoms with Crippen molar-refractivity contribution in [2.45, 2.75) is 51.4 Å². The number of carbonyl (C=O) groups excluding carboxylic acids is 2. The molecule has 1 fully saturated rings. The van der Waals surface area contributed by atoms with Crippen molar-refractivity contribution in [3.05, 3.63) is 54.3 Å². The Morgan fingerprint density at radius 3 is 2.76 bits per heavy atom. The molecule has 2 atom stereocenters. The van der Waals surface area contributed by atoms with E-state index in [1.807, 2.05) is 0 Å². The first kappa shape index (κ1) is 23.0. The van der Waals surface area contributed by atoms with E-state index in [1.54, 1.807) is 62.3 Å². The number of hydrogen-bond acceptors (Lipinski definition) is 8. The summed E-state index contributed by atoms with van der Waals surface area (Å²) in [6.45, 7) is 6.05. The van der Waals surface area contributed by atoms with Crippen LogP contribution >= 0.6 is 0 Å². The van der Waals surface area contributed by atoms with Crippen molar-refractivity contribution < 1.29 is 18.7 Å². The van der Waals surface area contributed by atoms with Crippen LogP contribution in [0.2, 0.25) is 0 Å². The van der Waals surface area contributed by atoms with Crippen LogP contribution in [0.25, 0.3) is 11.3 Å². The van der Waals surface area contributed by atoms with Gasteiger partial charge in [-0.1, -0.05) is 12.1 Å². The number of rotatable bonds is 5. The second-order valence-electron chi connectivity index (χ2n) is 9.00. The van der Waals surface area contributed by atoms with Crippen molar-refractivity contribution in [3.8, 4) is 17.4 Å². The number of aromatic nitrogens is 4. The molecule has 0 aliphatic carbocycles. The molecule has 176 valence electrons. The Bertz CT molecular complexity index is 1210. The number of amides is 2. The van der Waals surface area contributed by atoms with Crippen molar-refractivity contribution >= 4 is 12.0 Å². The standard InChI is InChI=1S/C23H25N7O4/c1-23(2,3)34-22(32)29-13-17(10-18(29)14-30-26-7-8-27-30)28-20(31)21-25-12-19(33-21)16-6-4-5-15(9-16)11-24/h4-9,12,17-18H,10,13-14H2,1-3H3,(H,28,31). The van der Waals surface area contributed by atoms with Gasteiger partial charge in [-0.15, -0.1) is 0 Å². The van der Waals surface area contributed by atoms with E-state index >= 15 is 0 Å². The van der Waals surface area contributed by atoms with Gasteiger partial charge in [0.15, 0.2) is 5.76 Å². The van der Waals surface area contributed by atoms with Gasteiger partial charge in [-0.3, -0.25) is 4.79 Å². The third-order valence-corrected chi connectivity index (χ3v) is 5.19. The van der Waals surface area contributed by atoms with Crippen LogP contribution in [0.15, 0.2) is 47.3 Å². The largest absolute Gasteiger partial charge is 0.444 e. The molecule has 1 aromatic carbocycles. The molecule has 2 unspecified atom stereocenters. The molecule has 3 aromatic rings. The van der Waals surface area contributed by atoms with Gasteiger partial charge in [-0.05, 0) is 39.3 Å². The molecule has 1 saturated heterocycles. The molecule has 0 bridgehead atoms. The summed E-state index contributed by atoms with van der Waals surface area (Å²) in [5.74, 6) is -0.209. The van der Waals surface area contributed by atoms with Crippen LogP contribution in [0, 0.1) is 11.3 Å². The van der Waals surface area contributed by atoms with Gasteiger partial charge in [0.2, 0.25) is 0 Å². The maximum atomic E-state index is 12.8. The molecule has 3 heterocycles. The summed E-state index contributed by atoms with van der Waals surface area (Å²) < 4.78 is 11.2. The lowest BCUT2D eigenvalue weighted by Gasteiger charge is -2.28. The van der Waals surface area contributed by atoms with Crippen LogP contribution in [-0.4, -0.2) is 61.1 Å². The zero-order valence-corrected chi connectivity index (χ0v) is 19.1. The molecule has 0 spiro atoms. The number of benzene rings is 1. The quantitative estimate of drug-likeness (QED) is 0.609. The molecule has 0 saturated carbocycles. The number of likely N-dealkylation sites (tertiary alicyclic amines) is 1. The van der Waals surface area contributed by atoms with Gasteiger partial charge in [0.25, 0.3) is 5.89 Å². The smallest absolute Gasteiger partial charge is 0.410 e. The van der Waals surface area contributed by atoms with Crippen LogP contribution in [0.1, 0.15) is 43.4 Å². The molecule has 1 aliphatic rings. The van der Waals surface area contributed by atoms with Crippen LogP contribution in [0.4, 0.5) is 4.79 Å². The van der Waals surface area contributed by atoms with E-state index < -0.39 is 17.6 Å². The maximum absolute atomic E-state index is 12.8. The Kier molecular flexibility index (Phi) is 6.32. The van der Waals surface area contributed by atoms with E-state index in [-0.39, 0.29) is 24.5 Å². The van der Waals surface area contributed by atoms with Gasteiger partial charge in [0, 0.05) is 18.2 Å². The number of nitrogens with one attached hydrogen (secondary N) is 1. The van der Waals surface area contributed by atoms with Crippen molar-refractivity contribution in [1.29, 1.82) is 5.26 Å². The van der Waals surface area contributed by atoms with Gasteiger partial charge in [0.1, 0.15) is 5.60 Å². The number of nitrogens with zero attached hydrogens (tertiary/aromatic N) is 6. The summed E-state index contributed by atoms with van der Waals surface area (Å²) in [7, 11) is 0. The third-order valence-electron chi connectivity index (χ3n) is 5.19. The summed E-state index contributed by atoms with van der Waals surface area (Å²) in [5, 5.41) is 20.2. The molecular weight excluding hydrogens is 438 g/mol. The first-order valence-electron chi connectivity index (χ1n) is 10.8. The fraction of sp³-hybridized carbons (Fsp3) is 0.391. The summed E-state index contributed by atoms with van der Waals surface area (Å²) in [4.78, 5) is 32.8. The predicted octanol–water partition coefficient (Wildman–Crippen LogP) is 2.61. The van der Waals surface area contributed by atoms with Crippen LogP contribution in [0.3, 0.4) is 0 Å². The van der Waals surface area contributed by atoms with Crippen LogP contribution < -0.4 is 5.32 Å². The molecule has 1 N–H and O–H groups in total. The minimum atomic E-state index is -0.649. The normalized spacial score (nSPS) is 17.9. The second kappa shape index (κ2) is 9.35. The van der Waals surface area contributed by atoms with Crippen LogP contribution in [-0.2, 0) is 11.3 Å². The summed E-state index contributed by atoms with van der Waals surface area (Å²) in [6, 6.07) is 8.31. The monoisotopic (exact) mass is 463 g/mol. The average molecular weight is 463 g/mol. The van der Waals surface area contributed by atoms with Gasteiger partial charge >= 0.3 is 12.0 Å². The molecule has 2 aromatic heterocycles. The highest BCUT2D eigenvalue weighted by Gasteiger charge is 2.39. The SMILES string of the molecule is CC(C)(C)OC(=O)N1CC(NC(=O)c2ncc(-c3cccc(C#N)c3)o2)CC1Cn1nccn1. The Balaban J connectivity index is 1.45. The van der Waals surface area contributed by atoms with Gasteiger partial charge in [-0.25, -0.2) is 9.78 Å². The lowest BCUT2D eigenvalue weighted by atomic mass is 10.1. The second-order valence-corrected chi connectivity index (χ2v) is 9.00. The fourth-order valence-corrected chi connectivity index (χ4v) is 3.77. The van der Waals surface area contributed by atoms with E-state index in [9.17, 15) is 9.59 Å². The molecule has 11 heteroatoms. The number of hydrogen-bond donors (Lipinski definition) is 1. The lowest BCUT2D eigenvalue weighted by molar-refractivity contribution is 0.0205. The van der Waals surface area contributed by atoms with E-state index in [1.165, 1.54) is 11.0 Å². The zero-order valence-electron chi connectivity index (χ0n) is 19.1. The molecule has 2 amide bonds. The highest BCUT2D eigenvalue weighted by molar-refractivity contribution is 5.90. The Labute approximate surface area is 196 Å². The fourth-order valence-electron chi connectivity index (χ4n) is 3.77. The molecule has 34 heavy (non-hydrogen) atoms. The topological polar surface area (TPSA) is 139 Å². The maximum Gasteiger partial charge on any atom is 0.410 e. The van der Waals surface area contributed by atoms with Crippen molar-refractivity contribution in [1.82, 2.24) is 30.2 Å². The Hall–Kier alpha value is -4.20. The van der Waals surface area contributed by atoms with E-state index in [4.69, 9.17) is 14.4 Å². The first-order chi connectivity index (χ1) is 16.2. The molecule has 1 aliphatic heterocycles. The number of oxazole rings is 1.